The van der Waals surface area contributed by atoms with Gasteiger partial charge < -0.3 is 0 Å². The van der Waals surface area contributed by atoms with Crippen LogP contribution in [0, 0.1) is 16.7 Å². The minimum absolute atomic E-state index is 0.00644. The van der Waals surface area contributed by atoms with Crippen LogP contribution in [-0.2, 0) is 10.0 Å². The Kier molecular flexibility index (Phi) is 3.43. The molecular formula is C16H22ClNO2S. The molecule has 5 heteroatoms. The fourth-order valence-corrected chi connectivity index (χ4v) is 6.09. The first-order valence-electron chi connectivity index (χ1n) is 7.43. The molecule has 0 amide bonds. The Balaban J connectivity index is 1.91. The summed E-state index contributed by atoms with van der Waals surface area (Å²) < 4.78 is 28.3. The van der Waals surface area contributed by atoms with Crippen LogP contribution in [0.15, 0.2) is 29.2 Å². The van der Waals surface area contributed by atoms with E-state index in [1.165, 1.54) is 6.42 Å². The van der Waals surface area contributed by atoms with Crippen molar-refractivity contribution in [3.63, 3.8) is 0 Å². The lowest BCUT2D eigenvalue weighted by Gasteiger charge is -2.42. The van der Waals surface area contributed by atoms with Crippen molar-refractivity contribution < 1.29 is 8.42 Å². The normalized spacial score (nSPS) is 34.3. The molecule has 0 aromatic heterocycles. The van der Waals surface area contributed by atoms with Crippen molar-refractivity contribution in [2.75, 3.05) is 0 Å². The zero-order valence-electron chi connectivity index (χ0n) is 12.7. The summed E-state index contributed by atoms with van der Waals surface area (Å²) in [6.07, 6.45) is 3.44. The van der Waals surface area contributed by atoms with Gasteiger partial charge in [-0.15, -0.1) is 0 Å². The van der Waals surface area contributed by atoms with Crippen LogP contribution in [0.5, 0.6) is 0 Å². The number of halogens is 1. The first-order chi connectivity index (χ1) is 9.65. The fraction of sp³-hybridized carbons (Fsp3) is 0.625. The van der Waals surface area contributed by atoms with Crippen LogP contribution in [0.3, 0.4) is 0 Å². The second kappa shape index (κ2) is 4.71. The van der Waals surface area contributed by atoms with Crippen LogP contribution in [0.4, 0.5) is 0 Å². The monoisotopic (exact) mass is 327 g/mol. The Morgan fingerprint density at radius 1 is 1.19 bits per heavy atom. The lowest BCUT2D eigenvalue weighted by atomic mass is 9.69. The molecule has 116 valence electrons. The van der Waals surface area contributed by atoms with Gasteiger partial charge in [0, 0.05) is 11.1 Å². The zero-order chi connectivity index (χ0) is 15.5. The number of hydrogen-bond donors (Lipinski definition) is 1. The predicted octanol–water partition coefficient (Wildman–Crippen LogP) is 3.83. The number of benzene rings is 1. The molecule has 0 saturated heterocycles. The average molecular weight is 328 g/mol. The van der Waals surface area contributed by atoms with Crippen LogP contribution in [-0.4, -0.2) is 14.5 Å². The summed E-state index contributed by atoms with van der Waals surface area (Å²) in [6, 6.07) is 6.35. The maximum atomic E-state index is 12.7. The van der Waals surface area contributed by atoms with Gasteiger partial charge in [-0.3, -0.25) is 0 Å². The Morgan fingerprint density at radius 3 is 2.33 bits per heavy atom. The Labute approximate surface area is 132 Å². The van der Waals surface area contributed by atoms with Gasteiger partial charge in [-0.1, -0.05) is 32.4 Å². The molecule has 1 aromatic carbocycles. The summed E-state index contributed by atoms with van der Waals surface area (Å²) in [6.45, 7) is 6.60. The Bertz CT molecular complexity index is 649. The van der Waals surface area contributed by atoms with E-state index in [1.54, 1.807) is 24.3 Å². The second-order valence-corrected chi connectivity index (χ2v) is 9.57. The third-order valence-corrected chi connectivity index (χ3v) is 7.36. The van der Waals surface area contributed by atoms with Crippen molar-refractivity contribution in [3.8, 4) is 0 Å². The number of sulfonamides is 1. The van der Waals surface area contributed by atoms with Crippen LogP contribution in [0.2, 0.25) is 5.02 Å². The minimum atomic E-state index is -3.50. The molecule has 2 fully saturated rings. The van der Waals surface area contributed by atoms with Crippen LogP contribution in [0.25, 0.3) is 0 Å². The largest absolute Gasteiger partial charge is 0.240 e. The molecule has 0 heterocycles. The molecule has 0 aliphatic heterocycles. The lowest BCUT2D eigenvalue weighted by molar-refractivity contribution is 0.127. The van der Waals surface area contributed by atoms with Gasteiger partial charge in [0.05, 0.1) is 4.90 Å². The average Bonchev–Trinajstić information content (AvgIpc) is 2.87. The van der Waals surface area contributed by atoms with Crippen molar-refractivity contribution >= 4 is 21.6 Å². The standard InChI is InChI=1S/C16H22ClNO2S/c1-15(2)11-8-9-16(3,10-11)14(15)18-21(19,20)13-6-4-12(17)5-7-13/h4-7,11,14,18H,8-10H2,1-3H3/t11-,14+,16-/m1/s1. The van der Waals surface area contributed by atoms with Gasteiger partial charge in [-0.05, 0) is 60.3 Å². The molecule has 2 aliphatic rings. The summed E-state index contributed by atoms with van der Waals surface area (Å²) in [4.78, 5) is 0.286. The van der Waals surface area contributed by atoms with E-state index in [0.29, 0.717) is 10.9 Å². The molecule has 2 saturated carbocycles. The van der Waals surface area contributed by atoms with Gasteiger partial charge in [0.25, 0.3) is 0 Å². The highest BCUT2D eigenvalue weighted by atomic mass is 35.5. The highest BCUT2D eigenvalue weighted by molar-refractivity contribution is 7.89. The Morgan fingerprint density at radius 2 is 1.81 bits per heavy atom. The summed E-state index contributed by atoms with van der Waals surface area (Å²) in [7, 11) is -3.50. The van der Waals surface area contributed by atoms with E-state index in [2.05, 4.69) is 25.5 Å². The van der Waals surface area contributed by atoms with Gasteiger partial charge >= 0.3 is 0 Å². The molecular weight excluding hydrogens is 306 g/mol. The van der Waals surface area contributed by atoms with E-state index in [1.807, 2.05) is 0 Å². The number of nitrogens with one attached hydrogen (secondary N) is 1. The predicted molar refractivity (Wildman–Crippen MR) is 84.8 cm³/mol. The maximum absolute atomic E-state index is 12.7. The summed E-state index contributed by atoms with van der Waals surface area (Å²) >= 11 is 5.84. The van der Waals surface area contributed by atoms with Crippen molar-refractivity contribution in [1.29, 1.82) is 0 Å². The van der Waals surface area contributed by atoms with Gasteiger partial charge in [-0.25, -0.2) is 13.1 Å². The van der Waals surface area contributed by atoms with Gasteiger partial charge in [0.1, 0.15) is 0 Å². The zero-order valence-corrected chi connectivity index (χ0v) is 14.3. The minimum Gasteiger partial charge on any atom is -0.207 e. The third kappa shape index (κ3) is 2.41. The first-order valence-corrected chi connectivity index (χ1v) is 9.29. The van der Waals surface area contributed by atoms with Crippen LogP contribution >= 0.6 is 11.6 Å². The number of fused-ring (bicyclic) bond motifs is 2. The van der Waals surface area contributed by atoms with E-state index in [9.17, 15) is 8.42 Å². The highest BCUT2D eigenvalue weighted by Gasteiger charge is 2.60. The van der Waals surface area contributed by atoms with Crippen molar-refractivity contribution in [2.24, 2.45) is 16.7 Å². The lowest BCUT2D eigenvalue weighted by Crippen LogP contribution is -2.52. The van der Waals surface area contributed by atoms with Gasteiger partial charge in [0.2, 0.25) is 10.0 Å². The van der Waals surface area contributed by atoms with E-state index in [4.69, 9.17) is 11.6 Å². The number of hydrogen-bond acceptors (Lipinski definition) is 2. The van der Waals surface area contributed by atoms with Gasteiger partial charge in [-0.2, -0.15) is 0 Å². The van der Waals surface area contributed by atoms with E-state index < -0.39 is 10.0 Å². The van der Waals surface area contributed by atoms with Crippen LogP contribution < -0.4 is 4.72 Å². The topological polar surface area (TPSA) is 46.2 Å². The smallest absolute Gasteiger partial charge is 0.207 e. The molecule has 3 rings (SSSR count). The third-order valence-electron chi connectivity index (χ3n) is 5.67. The molecule has 3 nitrogen and oxygen atoms in total. The van der Waals surface area contributed by atoms with E-state index >= 15 is 0 Å². The van der Waals surface area contributed by atoms with Crippen molar-refractivity contribution in [2.45, 2.75) is 51.0 Å². The molecule has 3 atom stereocenters. The van der Waals surface area contributed by atoms with E-state index in [0.717, 1.165) is 12.8 Å². The first kappa shape index (κ1) is 15.3. The molecule has 2 aliphatic carbocycles. The SMILES string of the molecule is CC1(C)[C@@H]2CC[C@](C)(C2)[C@H]1NS(=O)(=O)c1ccc(Cl)cc1. The quantitative estimate of drug-likeness (QED) is 0.917. The van der Waals surface area contributed by atoms with Crippen molar-refractivity contribution in [3.05, 3.63) is 29.3 Å². The Hall–Kier alpha value is -0.580. The molecule has 2 bridgehead atoms. The number of rotatable bonds is 3. The molecule has 1 N–H and O–H groups in total. The molecule has 0 spiro atoms. The summed E-state index contributed by atoms with van der Waals surface area (Å²) in [5, 5.41) is 0.543. The second-order valence-electron chi connectivity index (χ2n) is 7.42. The van der Waals surface area contributed by atoms with Crippen molar-refractivity contribution in [1.82, 2.24) is 4.72 Å². The maximum Gasteiger partial charge on any atom is 0.240 e. The molecule has 1 aromatic rings. The molecule has 0 radical (unpaired) electrons. The van der Waals surface area contributed by atoms with Gasteiger partial charge in [0.15, 0.2) is 0 Å². The highest BCUT2D eigenvalue weighted by Crippen LogP contribution is 2.62. The van der Waals surface area contributed by atoms with E-state index in [-0.39, 0.29) is 21.8 Å². The molecule has 21 heavy (non-hydrogen) atoms. The summed E-state index contributed by atoms with van der Waals surface area (Å²) in [5.74, 6) is 0.611. The van der Waals surface area contributed by atoms with Crippen LogP contribution in [0.1, 0.15) is 40.0 Å². The molecule has 0 unspecified atom stereocenters. The fourth-order valence-electron chi connectivity index (χ4n) is 4.43. The summed E-state index contributed by atoms with van der Waals surface area (Å²) in [5.41, 5.74) is 0.0835.